The number of benzene rings is 1. The van der Waals surface area contributed by atoms with Crippen molar-refractivity contribution < 1.29 is 18.7 Å². The molecule has 0 bridgehead atoms. The summed E-state index contributed by atoms with van der Waals surface area (Å²) in [5.74, 6) is -1.60. The van der Waals surface area contributed by atoms with Crippen molar-refractivity contribution >= 4 is 34.4 Å². The van der Waals surface area contributed by atoms with Crippen LogP contribution in [0.15, 0.2) is 33.5 Å². The van der Waals surface area contributed by atoms with Crippen LogP contribution in [-0.4, -0.2) is 23.5 Å². The fraction of sp³-hybridized carbons (Fsp3) is 0.353. The Morgan fingerprint density at radius 3 is 2.54 bits per heavy atom. The minimum Gasteiger partial charge on any atom is -0.449 e. The number of carbonyl (C=O) groups excluding carboxylic acids is 2. The van der Waals surface area contributed by atoms with Gasteiger partial charge in [-0.15, -0.1) is 0 Å². The first kappa shape index (κ1) is 18.0. The quantitative estimate of drug-likeness (QED) is 0.859. The molecule has 0 radical (unpaired) electrons. The van der Waals surface area contributed by atoms with Gasteiger partial charge in [0.2, 0.25) is 5.76 Å². The molecule has 6 nitrogen and oxygen atoms in total. The van der Waals surface area contributed by atoms with Gasteiger partial charge in [0.05, 0.1) is 5.39 Å². The van der Waals surface area contributed by atoms with Gasteiger partial charge < -0.3 is 14.5 Å². The Balaban J connectivity index is 2.21. The van der Waals surface area contributed by atoms with Crippen molar-refractivity contribution in [3.63, 3.8) is 0 Å². The summed E-state index contributed by atoms with van der Waals surface area (Å²) in [6.45, 7) is 6.88. The van der Waals surface area contributed by atoms with Gasteiger partial charge >= 0.3 is 5.97 Å². The summed E-state index contributed by atoms with van der Waals surface area (Å²) in [6, 6.07) is 5.51. The molecular weight excluding hydrogens is 334 g/mol. The molecule has 0 unspecified atom stereocenters. The summed E-state index contributed by atoms with van der Waals surface area (Å²) in [6.07, 6.45) is -1.03. The maximum absolute atomic E-state index is 12.1. The van der Waals surface area contributed by atoms with E-state index in [9.17, 15) is 14.4 Å². The van der Waals surface area contributed by atoms with E-state index in [1.165, 1.54) is 19.1 Å². The Morgan fingerprint density at radius 1 is 1.25 bits per heavy atom. The first-order valence-electron chi connectivity index (χ1n) is 7.33. The SMILES string of the molecule is C[C@H](OC(=O)c1cc(=O)c2cc(Cl)ccc2o1)C(=O)NC(C)(C)C. The van der Waals surface area contributed by atoms with Gasteiger partial charge in [0, 0.05) is 16.6 Å². The van der Waals surface area contributed by atoms with Crippen molar-refractivity contribution in [1.82, 2.24) is 5.32 Å². The molecular formula is C17H18ClNO5. The van der Waals surface area contributed by atoms with Crippen LogP contribution in [0.5, 0.6) is 0 Å². The van der Waals surface area contributed by atoms with Gasteiger partial charge in [-0.25, -0.2) is 4.79 Å². The van der Waals surface area contributed by atoms with E-state index < -0.39 is 28.9 Å². The molecule has 1 N–H and O–H groups in total. The van der Waals surface area contributed by atoms with E-state index in [4.69, 9.17) is 20.8 Å². The molecule has 0 aliphatic rings. The molecule has 0 saturated heterocycles. The summed E-state index contributed by atoms with van der Waals surface area (Å²) >= 11 is 5.83. The lowest BCUT2D eigenvalue weighted by molar-refractivity contribution is -0.130. The van der Waals surface area contributed by atoms with Gasteiger partial charge in [-0.3, -0.25) is 9.59 Å². The zero-order chi connectivity index (χ0) is 18.1. The van der Waals surface area contributed by atoms with E-state index in [0.717, 1.165) is 6.07 Å². The lowest BCUT2D eigenvalue weighted by Gasteiger charge is -2.23. The number of fused-ring (bicyclic) bond motifs is 1. The molecule has 1 aromatic heterocycles. The number of amides is 1. The molecule has 2 rings (SSSR count). The van der Waals surface area contributed by atoms with Crippen LogP contribution in [0.1, 0.15) is 38.2 Å². The monoisotopic (exact) mass is 351 g/mol. The summed E-state index contributed by atoms with van der Waals surface area (Å²) in [5.41, 5.74) is -0.657. The van der Waals surface area contributed by atoms with Crippen molar-refractivity contribution in [1.29, 1.82) is 0 Å². The number of ether oxygens (including phenoxy) is 1. The molecule has 0 aliphatic heterocycles. The van der Waals surface area contributed by atoms with Gasteiger partial charge in [0.15, 0.2) is 11.5 Å². The van der Waals surface area contributed by atoms with Crippen LogP contribution in [0.3, 0.4) is 0 Å². The van der Waals surface area contributed by atoms with E-state index in [2.05, 4.69) is 5.32 Å². The highest BCUT2D eigenvalue weighted by Crippen LogP contribution is 2.18. The molecule has 1 amide bonds. The first-order chi connectivity index (χ1) is 11.1. The topological polar surface area (TPSA) is 85.6 Å². The Kier molecular flexibility index (Phi) is 4.99. The van der Waals surface area contributed by atoms with E-state index in [-0.39, 0.29) is 16.7 Å². The van der Waals surface area contributed by atoms with Crippen molar-refractivity contribution in [3.8, 4) is 0 Å². The molecule has 128 valence electrons. The fourth-order valence-electron chi connectivity index (χ4n) is 1.97. The second-order valence-corrected chi connectivity index (χ2v) is 6.84. The Labute approximate surface area is 143 Å². The number of halogens is 1. The highest BCUT2D eigenvalue weighted by atomic mass is 35.5. The van der Waals surface area contributed by atoms with E-state index in [1.807, 2.05) is 20.8 Å². The number of nitrogens with one attached hydrogen (secondary N) is 1. The van der Waals surface area contributed by atoms with Crippen LogP contribution >= 0.6 is 11.6 Å². The van der Waals surface area contributed by atoms with Crippen LogP contribution in [0, 0.1) is 0 Å². The van der Waals surface area contributed by atoms with Crippen molar-refractivity contribution in [2.75, 3.05) is 0 Å². The molecule has 0 aliphatic carbocycles. The summed E-state index contributed by atoms with van der Waals surface area (Å²) in [5, 5.41) is 3.35. The minimum absolute atomic E-state index is 0.214. The van der Waals surface area contributed by atoms with Gasteiger partial charge in [0.1, 0.15) is 5.58 Å². The first-order valence-corrected chi connectivity index (χ1v) is 7.71. The standard InChI is InChI=1S/C17H18ClNO5/c1-9(15(21)19-17(2,3)4)23-16(22)14-8-12(20)11-7-10(18)5-6-13(11)24-14/h5-9H,1-4H3,(H,19,21)/t9-/m0/s1. The van der Waals surface area contributed by atoms with Crippen LogP contribution < -0.4 is 10.7 Å². The summed E-state index contributed by atoms with van der Waals surface area (Å²) in [4.78, 5) is 36.1. The molecule has 1 heterocycles. The molecule has 0 fully saturated rings. The maximum Gasteiger partial charge on any atom is 0.375 e. The van der Waals surface area contributed by atoms with Crippen molar-refractivity contribution in [3.05, 3.63) is 45.3 Å². The van der Waals surface area contributed by atoms with E-state index in [0.29, 0.717) is 5.02 Å². The van der Waals surface area contributed by atoms with Gasteiger partial charge in [-0.1, -0.05) is 11.6 Å². The maximum atomic E-state index is 12.1. The second kappa shape index (κ2) is 6.65. The van der Waals surface area contributed by atoms with Gasteiger partial charge in [0.25, 0.3) is 5.91 Å². The third-order valence-corrected chi connectivity index (χ3v) is 3.28. The third-order valence-electron chi connectivity index (χ3n) is 3.04. The van der Waals surface area contributed by atoms with E-state index in [1.54, 1.807) is 6.07 Å². The normalized spacial score (nSPS) is 12.7. The number of carbonyl (C=O) groups is 2. The Bertz CT molecular complexity index is 850. The third kappa shape index (κ3) is 4.35. The minimum atomic E-state index is -1.03. The fourth-order valence-corrected chi connectivity index (χ4v) is 2.14. The summed E-state index contributed by atoms with van der Waals surface area (Å²) < 4.78 is 10.4. The van der Waals surface area contributed by atoms with Crippen LogP contribution in [-0.2, 0) is 9.53 Å². The highest BCUT2D eigenvalue weighted by Gasteiger charge is 2.24. The molecule has 7 heteroatoms. The zero-order valence-corrected chi connectivity index (χ0v) is 14.6. The molecule has 0 spiro atoms. The molecule has 1 atom stereocenters. The Morgan fingerprint density at radius 2 is 1.92 bits per heavy atom. The molecule has 2 aromatic rings. The Hall–Kier alpha value is -2.34. The lowest BCUT2D eigenvalue weighted by atomic mass is 10.1. The predicted molar refractivity (Wildman–Crippen MR) is 90.3 cm³/mol. The van der Waals surface area contributed by atoms with E-state index >= 15 is 0 Å². The van der Waals surface area contributed by atoms with Gasteiger partial charge in [-0.05, 0) is 45.9 Å². The van der Waals surface area contributed by atoms with Crippen LogP contribution in [0.2, 0.25) is 5.02 Å². The lowest BCUT2D eigenvalue weighted by Crippen LogP contribution is -2.46. The zero-order valence-electron chi connectivity index (χ0n) is 13.8. The smallest absolute Gasteiger partial charge is 0.375 e. The average molecular weight is 352 g/mol. The van der Waals surface area contributed by atoms with Crippen molar-refractivity contribution in [2.24, 2.45) is 0 Å². The molecule has 0 saturated carbocycles. The van der Waals surface area contributed by atoms with Crippen molar-refractivity contribution in [2.45, 2.75) is 39.3 Å². The predicted octanol–water partition coefficient (Wildman–Crippen LogP) is 2.91. The average Bonchev–Trinajstić information content (AvgIpc) is 2.45. The highest BCUT2D eigenvalue weighted by molar-refractivity contribution is 6.31. The van der Waals surface area contributed by atoms with Crippen LogP contribution in [0.4, 0.5) is 0 Å². The number of hydrogen-bond acceptors (Lipinski definition) is 5. The van der Waals surface area contributed by atoms with Gasteiger partial charge in [-0.2, -0.15) is 0 Å². The number of rotatable bonds is 3. The molecule has 24 heavy (non-hydrogen) atoms. The summed E-state index contributed by atoms with van der Waals surface area (Å²) in [7, 11) is 0. The van der Waals surface area contributed by atoms with Crippen LogP contribution in [0.25, 0.3) is 11.0 Å². The second-order valence-electron chi connectivity index (χ2n) is 6.40. The number of hydrogen-bond donors (Lipinski definition) is 1. The largest absolute Gasteiger partial charge is 0.449 e. The number of esters is 1. The molecule has 1 aromatic carbocycles.